The molecule has 4 aromatic carbocycles. The third kappa shape index (κ3) is 10.7. The molecule has 86 heavy (non-hydrogen) atoms. The lowest BCUT2D eigenvalue weighted by atomic mass is 9.83. The first kappa shape index (κ1) is 59.2. The molecule has 2 bridgehead atoms. The van der Waals surface area contributed by atoms with Crippen molar-refractivity contribution < 1.29 is 60.1 Å². The Balaban J connectivity index is 0.754. The number of anilines is 2. The van der Waals surface area contributed by atoms with Gasteiger partial charge in [0.25, 0.3) is 0 Å². The Hall–Kier alpha value is -7.17. The molecule has 1 aliphatic carbocycles. The van der Waals surface area contributed by atoms with Crippen LogP contribution in [-0.2, 0) is 26.1 Å². The van der Waals surface area contributed by atoms with Crippen molar-refractivity contribution in [1.82, 2.24) is 35.3 Å². The molecule has 6 aromatic rings. The maximum absolute atomic E-state index is 17.5. The average Bonchev–Trinajstić information content (AvgIpc) is 1.35. The van der Waals surface area contributed by atoms with Crippen LogP contribution in [0.25, 0.3) is 43.2 Å². The Bertz CT molecular complexity index is 3690. The van der Waals surface area contributed by atoms with E-state index in [0.717, 1.165) is 49.6 Å². The smallest absolute Gasteiger partial charge is 0.417 e. The molecule has 5 saturated heterocycles. The molecular formula is C62H65F7N10O6S. The lowest BCUT2D eigenvalue weighted by Crippen LogP contribution is -2.60. The Morgan fingerprint density at radius 3 is 2.31 bits per heavy atom. The van der Waals surface area contributed by atoms with E-state index < -0.39 is 93.1 Å². The van der Waals surface area contributed by atoms with E-state index in [1.165, 1.54) is 23.1 Å². The van der Waals surface area contributed by atoms with Crippen LogP contribution in [0.4, 0.5) is 41.6 Å². The van der Waals surface area contributed by atoms with Gasteiger partial charge >= 0.3 is 12.2 Å². The molecule has 0 radical (unpaired) electrons. The van der Waals surface area contributed by atoms with Crippen molar-refractivity contribution in [3.63, 3.8) is 0 Å². The van der Waals surface area contributed by atoms with Gasteiger partial charge in [-0.3, -0.25) is 19.3 Å². The largest absolute Gasteiger partial charge is 0.462 e. The van der Waals surface area contributed by atoms with Crippen LogP contribution in [0.3, 0.4) is 0 Å². The minimum absolute atomic E-state index is 0.0163. The number of hydrogen-bond donors (Lipinski definition) is 5. The summed E-state index contributed by atoms with van der Waals surface area (Å²) in [6, 6.07) is 11.4. The molecule has 9 atom stereocenters. The van der Waals surface area contributed by atoms with Crippen LogP contribution < -0.4 is 26.0 Å². The van der Waals surface area contributed by atoms with Crippen molar-refractivity contribution in [3.05, 3.63) is 101 Å². The number of halogens is 7. The highest BCUT2D eigenvalue weighted by molar-refractivity contribution is 7.23. The van der Waals surface area contributed by atoms with Crippen LogP contribution >= 0.6 is 11.3 Å². The monoisotopic (exact) mass is 1210 g/mol. The van der Waals surface area contributed by atoms with Gasteiger partial charge < -0.3 is 46.0 Å². The number of ether oxygens (including phenoxy) is 1. The predicted molar refractivity (Wildman–Crippen MR) is 307 cm³/mol. The number of thiophene rings is 1. The third-order valence-electron chi connectivity index (χ3n) is 18.3. The first-order valence-electron chi connectivity index (χ1n) is 29.2. The number of nitrogens with one attached hydrogen (secondary N) is 2. The molecule has 2 aromatic heterocycles. The van der Waals surface area contributed by atoms with Crippen molar-refractivity contribution in [2.45, 2.75) is 145 Å². The van der Waals surface area contributed by atoms with E-state index in [0.29, 0.717) is 68.8 Å². The molecule has 3 unspecified atom stereocenters. The summed E-state index contributed by atoms with van der Waals surface area (Å²) in [6.45, 7) is 7.43. The minimum Gasteiger partial charge on any atom is -0.462 e. The molecule has 454 valence electrons. The van der Waals surface area contributed by atoms with E-state index in [1.807, 2.05) is 31.7 Å². The number of aliphatic hydroxyl groups is 2. The van der Waals surface area contributed by atoms with E-state index in [1.54, 1.807) is 17.0 Å². The van der Waals surface area contributed by atoms with Crippen LogP contribution in [-0.4, -0.2) is 140 Å². The number of piperazine rings is 1. The van der Waals surface area contributed by atoms with E-state index in [2.05, 4.69) is 20.5 Å². The summed E-state index contributed by atoms with van der Waals surface area (Å²) in [7, 11) is 0. The standard InChI is InChI=1S/C62H65F7N10O6S/c1-60(2,3)54(58(84)78-29-37(80)23-45(78)57(83)75-61(25-46(61)81)32-13-11-31(12-14-32)48-42(63)9-4-10-43(48)64)79-35(17-20-47(79)82)7-5-21-76-22-6-8-36(76)30-85-59-73-52-39(56(74-59)77-27-33-15-16-34(28-77)72-33)24-41(62(67,68)69)50(51(52)66)38-18-19-44(65)53-49(38)40(26-70)55(71)86-53/h4,9-14,18-19,24,33-37,45-46,54,72,80-81H,5-8,15-17,20-23,25,27-30,71H2,1-3H3,(H,75,83)/t33?,34?,35-,36-,37+,45-,46+,54+,61?/m0/s1. The number of nitrogen functional groups attached to an aromatic ring is 1. The zero-order valence-corrected chi connectivity index (χ0v) is 48.3. The molecule has 0 spiro atoms. The number of aliphatic hydroxyl groups excluding tert-OH is 2. The second-order valence-electron chi connectivity index (χ2n) is 24.9. The van der Waals surface area contributed by atoms with Crippen molar-refractivity contribution in [1.29, 1.82) is 5.26 Å². The normalized spacial score (nSPS) is 25.4. The number of benzene rings is 4. The fraction of sp³-hybridized carbons (Fsp3) is 0.484. The molecule has 7 heterocycles. The average molecular weight is 1210 g/mol. The van der Waals surface area contributed by atoms with Crippen LogP contribution in [0.5, 0.6) is 6.01 Å². The zero-order chi connectivity index (χ0) is 60.9. The van der Waals surface area contributed by atoms with Gasteiger partial charge in [-0.05, 0) is 104 Å². The highest BCUT2D eigenvalue weighted by Crippen LogP contribution is 2.50. The van der Waals surface area contributed by atoms with Crippen molar-refractivity contribution in [2.24, 2.45) is 5.41 Å². The SMILES string of the molecule is CC(C)(C)[C@@H](C(=O)N1C[C@H](O)C[C@H]1C(=O)NC1(c2ccc(-c3c(F)cccc3F)cc2)C[C@H]1O)N1C(=O)CC[C@@H]1CCCN1CCC[C@H]1COc1nc(N2CC3CCC(C2)N3)c2cc(C(F)(F)F)c(-c3ccc(F)c4sc(N)c(C#N)c34)c(F)c2n1. The number of rotatable bonds is 15. The molecule has 6 aliphatic rings. The van der Waals surface area contributed by atoms with Gasteiger partial charge in [-0.15, -0.1) is 11.3 Å². The summed E-state index contributed by atoms with van der Waals surface area (Å²) in [5.41, 5.74) is 1.14. The topological polar surface area (TPSA) is 214 Å². The molecule has 5 aliphatic heterocycles. The van der Waals surface area contributed by atoms with Gasteiger partial charge in [-0.1, -0.05) is 57.2 Å². The second kappa shape index (κ2) is 22.5. The number of aromatic nitrogens is 2. The van der Waals surface area contributed by atoms with Gasteiger partial charge in [-0.25, -0.2) is 17.6 Å². The number of likely N-dealkylation sites (tertiary alicyclic amines) is 3. The van der Waals surface area contributed by atoms with E-state index in [-0.39, 0.29) is 117 Å². The number of nitrogens with two attached hydrogens (primary N) is 1. The summed E-state index contributed by atoms with van der Waals surface area (Å²) in [4.78, 5) is 59.6. The van der Waals surface area contributed by atoms with Gasteiger partial charge in [0.1, 0.15) is 58.5 Å². The number of nitriles is 1. The van der Waals surface area contributed by atoms with Crippen molar-refractivity contribution in [3.8, 4) is 34.3 Å². The Morgan fingerprint density at radius 2 is 1.65 bits per heavy atom. The van der Waals surface area contributed by atoms with E-state index >= 15 is 26.7 Å². The lowest BCUT2D eigenvalue weighted by molar-refractivity contribution is -0.152. The van der Waals surface area contributed by atoms with Crippen LogP contribution in [0.2, 0.25) is 0 Å². The number of carbonyl (C=O) groups is 3. The summed E-state index contributed by atoms with van der Waals surface area (Å²) in [6.07, 6.45) is -2.18. The fourth-order valence-corrected chi connectivity index (χ4v) is 15.0. The molecule has 3 amide bonds. The summed E-state index contributed by atoms with van der Waals surface area (Å²) >= 11 is 0.681. The van der Waals surface area contributed by atoms with Crippen LogP contribution in [0.1, 0.15) is 102 Å². The van der Waals surface area contributed by atoms with Crippen LogP contribution in [0, 0.1) is 40.0 Å². The van der Waals surface area contributed by atoms with Crippen LogP contribution in [0.15, 0.2) is 60.7 Å². The number of fused-ring (bicyclic) bond motifs is 4. The highest BCUT2D eigenvalue weighted by Gasteiger charge is 2.58. The quantitative estimate of drug-likeness (QED) is 0.0609. The van der Waals surface area contributed by atoms with Crippen molar-refractivity contribution in [2.75, 3.05) is 50.0 Å². The van der Waals surface area contributed by atoms with Gasteiger partial charge in [0.05, 0.1) is 39.1 Å². The van der Waals surface area contributed by atoms with Crippen molar-refractivity contribution >= 4 is 60.9 Å². The van der Waals surface area contributed by atoms with E-state index in [4.69, 9.17) is 15.5 Å². The highest BCUT2D eigenvalue weighted by atomic mass is 32.1. The number of carbonyl (C=O) groups excluding carboxylic acids is 3. The maximum Gasteiger partial charge on any atom is 0.417 e. The van der Waals surface area contributed by atoms with Gasteiger partial charge in [0.15, 0.2) is 5.82 Å². The molecule has 12 rings (SSSR count). The molecular weight excluding hydrogens is 1150 g/mol. The number of amides is 3. The Labute approximate surface area is 495 Å². The zero-order valence-electron chi connectivity index (χ0n) is 47.5. The third-order valence-corrected chi connectivity index (χ3v) is 19.3. The number of β-amino-alcohol motifs (C(OH)–C–C–N with tert-alkyl or cyclic N) is 1. The Morgan fingerprint density at radius 1 is 0.942 bits per heavy atom. The van der Waals surface area contributed by atoms with Gasteiger partial charge in [0.2, 0.25) is 17.7 Å². The number of nitrogens with zero attached hydrogens (tertiary/aromatic N) is 7. The summed E-state index contributed by atoms with van der Waals surface area (Å²) in [5, 5.41) is 37.9. The van der Waals surface area contributed by atoms with Gasteiger partial charge in [0, 0.05) is 79.4 Å². The summed E-state index contributed by atoms with van der Waals surface area (Å²) in [5.74, 6) is -4.93. The first-order chi connectivity index (χ1) is 40.9. The first-order valence-corrected chi connectivity index (χ1v) is 30.0. The molecule has 6 fully saturated rings. The fourth-order valence-electron chi connectivity index (χ4n) is 14.1. The van der Waals surface area contributed by atoms with Gasteiger partial charge in [-0.2, -0.15) is 28.4 Å². The molecule has 24 heteroatoms. The molecule has 6 N–H and O–H groups in total. The van der Waals surface area contributed by atoms with E-state index in [9.17, 15) is 33.8 Å². The minimum atomic E-state index is -5.12. The summed E-state index contributed by atoms with van der Waals surface area (Å²) < 4.78 is 114. The number of alkyl halides is 3. The Kier molecular flexibility index (Phi) is 15.5. The lowest BCUT2D eigenvalue weighted by Gasteiger charge is -2.43. The second-order valence-corrected chi connectivity index (χ2v) is 26.0. The molecule has 16 nitrogen and oxygen atoms in total. The maximum atomic E-state index is 17.5. The predicted octanol–water partition coefficient (Wildman–Crippen LogP) is 8.92. The molecule has 1 saturated carbocycles. The number of hydrogen-bond acceptors (Lipinski definition) is 14.